The van der Waals surface area contributed by atoms with Crippen LogP contribution in [0.5, 0.6) is 0 Å². The molecule has 3 nitrogen and oxygen atoms in total. The summed E-state index contributed by atoms with van der Waals surface area (Å²) in [6.45, 7) is 6.51. The largest absolute Gasteiger partial charge is 0.295 e. The molecule has 0 amide bonds. The first-order valence-corrected chi connectivity index (χ1v) is 8.56. The maximum atomic E-state index is 4.69. The number of nitrogens with zero attached hydrogens (tertiary/aromatic N) is 3. The number of para-hydroxylation sites is 2. The van der Waals surface area contributed by atoms with Gasteiger partial charge in [-0.05, 0) is 43.5 Å². The SMILES string of the molecule is Cc1cccc(C)c1-n1cc[n+](C)c1-c1cnc2ccccc2c1C. The Morgan fingerprint density at radius 2 is 1.64 bits per heavy atom. The first-order chi connectivity index (χ1) is 12.1. The molecule has 0 unspecified atom stereocenters. The fourth-order valence-electron chi connectivity index (χ4n) is 3.67. The van der Waals surface area contributed by atoms with Crippen molar-refractivity contribution in [2.24, 2.45) is 7.05 Å². The minimum atomic E-state index is 1.04. The second kappa shape index (κ2) is 5.85. The standard InChI is InChI=1S/C22H22N3/c1-15-8-7-9-16(2)21(15)25-13-12-24(4)22(25)19-14-23-20-11-6-5-10-18(20)17(19)3/h5-14H,1-4H3/q+1. The Kier molecular flexibility index (Phi) is 3.65. The van der Waals surface area contributed by atoms with Crippen LogP contribution in [-0.4, -0.2) is 9.55 Å². The molecule has 0 radical (unpaired) electrons. The summed E-state index contributed by atoms with van der Waals surface area (Å²) < 4.78 is 4.45. The Morgan fingerprint density at radius 3 is 2.40 bits per heavy atom. The predicted octanol–water partition coefficient (Wildman–Crippen LogP) is 4.44. The maximum absolute atomic E-state index is 4.69. The number of rotatable bonds is 2. The van der Waals surface area contributed by atoms with E-state index in [4.69, 9.17) is 4.98 Å². The molecule has 0 saturated carbocycles. The highest BCUT2D eigenvalue weighted by molar-refractivity contribution is 5.87. The van der Waals surface area contributed by atoms with Crippen LogP contribution in [0.25, 0.3) is 28.0 Å². The number of aryl methyl sites for hydroxylation is 4. The van der Waals surface area contributed by atoms with Gasteiger partial charge in [-0.2, -0.15) is 4.57 Å². The third-order valence-electron chi connectivity index (χ3n) is 4.97. The van der Waals surface area contributed by atoms with E-state index in [2.05, 4.69) is 85.7 Å². The van der Waals surface area contributed by atoms with Crippen molar-refractivity contribution in [3.63, 3.8) is 0 Å². The topological polar surface area (TPSA) is 21.7 Å². The molecule has 124 valence electrons. The van der Waals surface area contributed by atoms with Gasteiger partial charge in [-0.15, -0.1) is 0 Å². The zero-order valence-corrected chi connectivity index (χ0v) is 15.1. The van der Waals surface area contributed by atoms with Gasteiger partial charge in [-0.25, -0.2) is 4.57 Å². The molecule has 4 rings (SSSR count). The summed E-state index contributed by atoms with van der Waals surface area (Å²) >= 11 is 0. The molecule has 4 aromatic rings. The molecule has 0 aliphatic heterocycles. The third-order valence-corrected chi connectivity index (χ3v) is 4.97. The summed E-state index contributed by atoms with van der Waals surface area (Å²) in [5, 5.41) is 1.20. The minimum Gasteiger partial charge on any atom is -0.255 e. The number of hydrogen-bond acceptors (Lipinski definition) is 1. The normalized spacial score (nSPS) is 11.2. The second-order valence-corrected chi connectivity index (χ2v) is 6.66. The first kappa shape index (κ1) is 15.6. The van der Waals surface area contributed by atoms with Gasteiger partial charge < -0.3 is 0 Å². The number of fused-ring (bicyclic) bond motifs is 1. The summed E-state index contributed by atoms with van der Waals surface area (Å²) in [4.78, 5) is 4.69. The molecule has 0 fully saturated rings. The second-order valence-electron chi connectivity index (χ2n) is 6.66. The van der Waals surface area contributed by atoms with E-state index in [1.807, 2.05) is 12.3 Å². The monoisotopic (exact) mass is 328 g/mol. The van der Waals surface area contributed by atoms with Crippen molar-refractivity contribution >= 4 is 10.9 Å². The van der Waals surface area contributed by atoms with Gasteiger partial charge in [0, 0.05) is 11.6 Å². The molecule has 0 saturated heterocycles. The Morgan fingerprint density at radius 1 is 0.920 bits per heavy atom. The molecular weight excluding hydrogens is 306 g/mol. The van der Waals surface area contributed by atoms with Gasteiger partial charge in [0.25, 0.3) is 5.82 Å². The summed E-state index contributed by atoms with van der Waals surface area (Å²) in [7, 11) is 2.09. The molecule has 25 heavy (non-hydrogen) atoms. The zero-order chi connectivity index (χ0) is 17.6. The van der Waals surface area contributed by atoms with Crippen molar-refractivity contribution < 1.29 is 4.57 Å². The van der Waals surface area contributed by atoms with Gasteiger partial charge in [0.1, 0.15) is 18.1 Å². The number of benzene rings is 2. The fourth-order valence-corrected chi connectivity index (χ4v) is 3.67. The first-order valence-electron chi connectivity index (χ1n) is 8.56. The fraction of sp³-hybridized carbons (Fsp3) is 0.182. The highest BCUT2D eigenvalue weighted by Crippen LogP contribution is 2.29. The molecule has 0 spiro atoms. The number of pyridine rings is 1. The quantitative estimate of drug-likeness (QED) is 0.499. The van der Waals surface area contributed by atoms with E-state index >= 15 is 0 Å². The van der Waals surface area contributed by atoms with E-state index in [1.165, 1.54) is 27.8 Å². The van der Waals surface area contributed by atoms with Crippen LogP contribution >= 0.6 is 0 Å². The lowest BCUT2D eigenvalue weighted by atomic mass is 10.0. The highest BCUT2D eigenvalue weighted by atomic mass is 15.1. The van der Waals surface area contributed by atoms with E-state index in [0.717, 1.165) is 16.9 Å². The number of aromatic nitrogens is 3. The average Bonchev–Trinajstić information content (AvgIpc) is 2.97. The van der Waals surface area contributed by atoms with Crippen LogP contribution in [0, 0.1) is 20.8 Å². The Labute approximate surface area is 148 Å². The lowest BCUT2D eigenvalue weighted by Crippen LogP contribution is -2.29. The lowest BCUT2D eigenvalue weighted by Gasteiger charge is -2.11. The van der Waals surface area contributed by atoms with Crippen molar-refractivity contribution in [2.45, 2.75) is 20.8 Å². The number of imidazole rings is 1. The van der Waals surface area contributed by atoms with Gasteiger partial charge in [0.15, 0.2) is 0 Å². The van der Waals surface area contributed by atoms with Crippen LogP contribution in [0.4, 0.5) is 0 Å². The van der Waals surface area contributed by atoms with Gasteiger partial charge in [0.2, 0.25) is 0 Å². The summed E-state index contributed by atoms with van der Waals surface area (Å²) in [5.41, 5.74) is 7.23. The molecule has 0 N–H and O–H groups in total. The molecular formula is C22H22N3+. The Bertz CT molecular complexity index is 1070. The molecule has 0 aliphatic carbocycles. The molecule has 0 bridgehead atoms. The molecule has 2 heterocycles. The summed E-state index contributed by atoms with van der Waals surface area (Å²) in [6, 6.07) is 14.8. The average molecular weight is 328 g/mol. The van der Waals surface area contributed by atoms with Crippen LogP contribution in [0.2, 0.25) is 0 Å². The minimum absolute atomic E-state index is 1.04. The van der Waals surface area contributed by atoms with E-state index in [9.17, 15) is 0 Å². The molecule has 2 aromatic heterocycles. The van der Waals surface area contributed by atoms with Gasteiger partial charge in [0.05, 0.1) is 18.1 Å². The van der Waals surface area contributed by atoms with Gasteiger partial charge in [-0.3, -0.25) is 4.98 Å². The van der Waals surface area contributed by atoms with Gasteiger partial charge in [-0.1, -0.05) is 36.4 Å². The van der Waals surface area contributed by atoms with Crippen LogP contribution in [-0.2, 0) is 7.05 Å². The molecule has 2 aromatic carbocycles. The molecule has 0 aliphatic rings. The van der Waals surface area contributed by atoms with Crippen LogP contribution in [0.1, 0.15) is 16.7 Å². The predicted molar refractivity (Wildman–Crippen MR) is 102 cm³/mol. The van der Waals surface area contributed by atoms with Crippen molar-refractivity contribution in [1.82, 2.24) is 9.55 Å². The van der Waals surface area contributed by atoms with Crippen molar-refractivity contribution in [2.75, 3.05) is 0 Å². The maximum Gasteiger partial charge on any atom is 0.295 e. The van der Waals surface area contributed by atoms with Gasteiger partial charge >= 0.3 is 0 Å². The van der Waals surface area contributed by atoms with Crippen molar-refractivity contribution in [3.05, 3.63) is 77.7 Å². The molecule has 3 heteroatoms. The smallest absolute Gasteiger partial charge is 0.255 e. The third kappa shape index (κ3) is 2.43. The van der Waals surface area contributed by atoms with E-state index < -0.39 is 0 Å². The number of hydrogen-bond donors (Lipinski definition) is 0. The summed E-state index contributed by atoms with van der Waals surface area (Å²) in [5.74, 6) is 1.15. The van der Waals surface area contributed by atoms with Crippen LogP contribution in [0.3, 0.4) is 0 Å². The highest BCUT2D eigenvalue weighted by Gasteiger charge is 2.24. The lowest BCUT2D eigenvalue weighted by molar-refractivity contribution is -0.659. The van der Waals surface area contributed by atoms with E-state index in [-0.39, 0.29) is 0 Å². The van der Waals surface area contributed by atoms with Crippen LogP contribution in [0.15, 0.2) is 61.1 Å². The van der Waals surface area contributed by atoms with Crippen LogP contribution < -0.4 is 4.57 Å². The molecule has 0 atom stereocenters. The van der Waals surface area contributed by atoms with E-state index in [1.54, 1.807) is 0 Å². The Hall–Kier alpha value is -2.94. The van der Waals surface area contributed by atoms with Crippen molar-refractivity contribution in [1.29, 1.82) is 0 Å². The summed E-state index contributed by atoms with van der Waals surface area (Å²) in [6.07, 6.45) is 6.24. The van der Waals surface area contributed by atoms with Crippen molar-refractivity contribution in [3.8, 4) is 17.1 Å². The Balaban J connectivity index is 2.03. The van der Waals surface area contributed by atoms with E-state index in [0.29, 0.717) is 0 Å². The zero-order valence-electron chi connectivity index (χ0n) is 15.1.